The van der Waals surface area contributed by atoms with E-state index in [1.54, 1.807) is 6.08 Å². The first-order valence-corrected chi connectivity index (χ1v) is 9.43. The molecule has 0 saturated heterocycles. The Morgan fingerprint density at radius 1 is 0.909 bits per heavy atom. The first-order valence-electron chi connectivity index (χ1n) is 9.43. The normalized spacial score (nSPS) is 25.6. The number of hydrogen-bond donors (Lipinski definition) is 2. The smallest absolute Gasteiger partial charge is 0.0791 e. The Balaban J connectivity index is 2.16. The molecule has 1 fully saturated rings. The van der Waals surface area contributed by atoms with Gasteiger partial charge in [0.1, 0.15) is 0 Å². The highest BCUT2D eigenvalue weighted by atomic mass is 16.3. The third-order valence-electron chi connectivity index (χ3n) is 5.10. The summed E-state index contributed by atoms with van der Waals surface area (Å²) in [6.45, 7) is 2.26. The number of rotatable bonds is 12. The summed E-state index contributed by atoms with van der Waals surface area (Å²) in [7, 11) is 0. The zero-order valence-corrected chi connectivity index (χ0v) is 14.4. The van der Waals surface area contributed by atoms with Crippen LogP contribution in [0.25, 0.3) is 0 Å². The van der Waals surface area contributed by atoms with Crippen molar-refractivity contribution in [2.75, 3.05) is 0 Å². The van der Waals surface area contributed by atoms with Gasteiger partial charge < -0.3 is 10.2 Å². The van der Waals surface area contributed by atoms with Crippen LogP contribution in [0.3, 0.4) is 0 Å². The largest absolute Gasteiger partial charge is 0.516 e. The van der Waals surface area contributed by atoms with E-state index < -0.39 is 0 Å². The second-order valence-corrected chi connectivity index (χ2v) is 6.83. The van der Waals surface area contributed by atoms with Crippen molar-refractivity contribution in [2.45, 2.75) is 90.1 Å². The van der Waals surface area contributed by atoms with Gasteiger partial charge in [-0.3, -0.25) is 0 Å². The SMILES string of the molecule is CCCCCCCC[C@H]1CC[C@H](O)[C@@H]1CCCC=CC=CO. The minimum Gasteiger partial charge on any atom is -0.516 e. The summed E-state index contributed by atoms with van der Waals surface area (Å²) in [5, 5.41) is 18.8. The third kappa shape index (κ3) is 8.03. The van der Waals surface area contributed by atoms with Gasteiger partial charge in [-0.05, 0) is 50.0 Å². The summed E-state index contributed by atoms with van der Waals surface area (Å²) in [5.74, 6) is 1.28. The molecule has 3 atom stereocenters. The van der Waals surface area contributed by atoms with Gasteiger partial charge in [0, 0.05) is 0 Å². The van der Waals surface area contributed by atoms with Crippen molar-refractivity contribution in [3.8, 4) is 0 Å². The fraction of sp³-hybridized carbons (Fsp3) is 0.800. The molecule has 1 rings (SSSR count). The zero-order chi connectivity index (χ0) is 16.0. The summed E-state index contributed by atoms with van der Waals surface area (Å²) in [6, 6.07) is 0. The lowest BCUT2D eigenvalue weighted by Crippen LogP contribution is -2.19. The van der Waals surface area contributed by atoms with E-state index in [2.05, 4.69) is 13.0 Å². The highest BCUT2D eigenvalue weighted by Crippen LogP contribution is 2.38. The zero-order valence-electron chi connectivity index (χ0n) is 14.4. The van der Waals surface area contributed by atoms with E-state index in [0.717, 1.165) is 37.9 Å². The monoisotopic (exact) mass is 308 g/mol. The standard InChI is InChI=1S/C20H36O2/c1-2-3-4-5-7-10-13-18-15-16-20(22)19(18)14-11-8-6-9-12-17-21/h6,9,12,17-22H,2-5,7-8,10-11,13-16H2,1H3/t18-,19+,20-/m0/s1. The molecule has 2 nitrogen and oxygen atoms in total. The topological polar surface area (TPSA) is 40.5 Å². The van der Waals surface area contributed by atoms with Gasteiger partial charge in [-0.25, -0.2) is 0 Å². The Morgan fingerprint density at radius 3 is 2.45 bits per heavy atom. The van der Waals surface area contributed by atoms with E-state index in [1.165, 1.54) is 51.4 Å². The van der Waals surface area contributed by atoms with E-state index in [-0.39, 0.29) is 6.10 Å². The molecular weight excluding hydrogens is 272 g/mol. The minimum absolute atomic E-state index is 0.0635. The molecule has 0 aromatic heterocycles. The fourth-order valence-corrected chi connectivity index (χ4v) is 3.80. The van der Waals surface area contributed by atoms with Crippen LogP contribution < -0.4 is 0 Å². The van der Waals surface area contributed by atoms with Crippen LogP contribution in [0.2, 0.25) is 0 Å². The number of allylic oxidation sites excluding steroid dienone is 3. The number of unbranched alkanes of at least 4 members (excludes halogenated alkanes) is 6. The second-order valence-electron chi connectivity index (χ2n) is 6.83. The van der Waals surface area contributed by atoms with Crippen molar-refractivity contribution in [1.82, 2.24) is 0 Å². The Morgan fingerprint density at radius 2 is 1.68 bits per heavy atom. The molecule has 22 heavy (non-hydrogen) atoms. The summed E-state index contributed by atoms with van der Waals surface area (Å²) in [6.07, 6.45) is 21.7. The molecule has 0 aliphatic heterocycles. The minimum atomic E-state index is -0.0635. The summed E-state index contributed by atoms with van der Waals surface area (Å²) >= 11 is 0. The molecule has 128 valence electrons. The van der Waals surface area contributed by atoms with Crippen molar-refractivity contribution in [3.05, 3.63) is 24.5 Å². The first kappa shape index (κ1) is 19.3. The Bertz CT molecular complexity index is 309. The van der Waals surface area contributed by atoms with E-state index in [9.17, 15) is 5.11 Å². The van der Waals surface area contributed by atoms with Crippen LogP contribution in [-0.4, -0.2) is 16.3 Å². The van der Waals surface area contributed by atoms with Crippen molar-refractivity contribution in [2.24, 2.45) is 11.8 Å². The van der Waals surface area contributed by atoms with Crippen LogP contribution in [0.5, 0.6) is 0 Å². The Hall–Kier alpha value is -0.760. The highest BCUT2D eigenvalue weighted by molar-refractivity contribution is 4.99. The molecule has 0 heterocycles. The maximum absolute atomic E-state index is 10.2. The molecule has 0 aromatic carbocycles. The van der Waals surface area contributed by atoms with Gasteiger partial charge >= 0.3 is 0 Å². The molecule has 0 spiro atoms. The average molecular weight is 309 g/mol. The molecule has 1 aliphatic carbocycles. The van der Waals surface area contributed by atoms with Crippen LogP contribution in [0.1, 0.15) is 84.0 Å². The van der Waals surface area contributed by atoms with Gasteiger partial charge in [-0.1, -0.05) is 64.0 Å². The Kier molecular flexibility index (Phi) is 11.2. The summed E-state index contributed by atoms with van der Waals surface area (Å²) < 4.78 is 0. The van der Waals surface area contributed by atoms with Crippen molar-refractivity contribution in [3.63, 3.8) is 0 Å². The first-order chi connectivity index (χ1) is 10.8. The van der Waals surface area contributed by atoms with Crippen molar-refractivity contribution in [1.29, 1.82) is 0 Å². The second kappa shape index (κ2) is 12.8. The van der Waals surface area contributed by atoms with E-state index in [4.69, 9.17) is 5.11 Å². The quantitative estimate of drug-likeness (QED) is 0.267. The molecule has 1 aliphatic rings. The molecule has 1 saturated carbocycles. The molecule has 2 heteroatoms. The van der Waals surface area contributed by atoms with Gasteiger partial charge in [-0.2, -0.15) is 0 Å². The van der Waals surface area contributed by atoms with Crippen LogP contribution in [0, 0.1) is 11.8 Å². The van der Waals surface area contributed by atoms with Gasteiger partial charge in [0.2, 0.25) is 0 Å². The molecule has 0 unspecified atom stereocenters. The van der Waals surface area contributed by atoms with E-state index in [0.29, 0.717) is 5.92 Å². The Labute approximate surface area is 137 Å². The van der Waals surface area contributed by atoms with Crippen molar-refractivity contribution >= 4 is 0 Å². The number of aliphatic hydroxyl groups excluding tert-OH is 2. The molecular formula is C20H36O2. The number of hydrogen-bond acceptors (Lipinski definition) is 2. The van der Waals surface area contributed by atoms with Gasteiger partial charge in [0.05, 0.1) is 12.4 Å². The number of aliphatic hydroxyl groups is 2. The van der Waals surface area contributed by atoms with E-state index in [1.807, 2.05) is 6.08 Å². The van der Waals surface area contributed by atoms with Gasteiger partial charge in [0.25, 0.3) is 0 Å². The molecule has 0 amide bonds. The van der Waals surface area contributed by atoms with Gasteiger partial charge in [0.15, 0.2) is 0 Å². The molecule has 0 radical (unpaired) electrons. The lowest BCUT2D eigenvalue weighted by Gasteiger charge is -2.22. The fourth-order valence-electron chi connectivity index (χ4n) is 3.80. The van der Waals surface area contributed by atoms with Crippen LogP contribution in [0.15, 0.2) is 24.5 Å². The van der Waals surface area contributed by atoms with Crippen molar-refractivity contribution < 1.29 is 10.2 Å². The average Bonchev–Trinajstić information content (AvgIpc) is 2.87. The highest BCUT2D eigenvalue weighted by Gasteiger charge is 2.33. The van der Waals surface area contributed by atoms with Crippen LogP contribution in [0.4, 0.5) is 0 Å². The van der Waals surface area contributed by atoms with Crippen LogP contribution in [-0.2, 0) is 0 Å². The molecule has 0 aromatic rings. The maximum Gasteiger partial charge on any atom is 0.0791 e. The molecule has 0 bridgehead atoms. The lowest BCUT2D eigenvalue weighted by atomic mass is 9.86. The third-order valence-corrected chi connectivity index (χ3v) is 5.10. The summed E-state index contributed by atoms with van der Waals surface area (Å²) in [5.41, 5.74) is 0. The maximum atomic E-state index is 10.2. The van der Waals surface area contributed by atoms with E-state index >= 15 is 0 Å². The molecule has 2 N–H and O–H groups in total. The predicted molar refractivity (Wildman–Crippen MR) is 95.0 cm³/mol. The lowest BCUT2D eigenvalue weighted by molar-refractivity contribution is 0.108. The van der Waals surface area contributed by atoms with Gasteiger partial charge in [-0.15, -0.1) is 0 Å². The van der Waals surface area contributed by atoms with Crippen LogP contribution >= 0.6 is 0 Å². The summed E-state index contributed by atoms with van der Waals surface area (Å²) in [4.78, 5) is 0. The predicted octanol–water partition coefficient (Wildman–Crippen LogP) is 5.92.